The highest BCUT2D eigenvalue weighted by Crippen LogP contribution is 2.34. The first-order chi connectivity index (χ1) is 9.72. The molecule has 0 radical (unpaired) electrons. The maximum absolute atomic E-state index is 4.33. The zero-order chi connectivity index (χ0) is 13.9. The summed E-state index contributed by atoms with van der Waals surface area (Å²) in [5.41, 5.74) is 0. The normalized spacial score (nSPS) is 30.2. The molecule has 4 nitrogen and oxygen atoms in total. The highest BCUT2D eigenvalue weighted by molar-refractivity contribution is 7.15. The monoisotopic (exact) mass is 294 g/mol. The third-order valence-corrected chi connectivity index (χ3v) is 5.42. The highest BCUT2D eigenvalue weighted by Gasteiger charge is 2.35. The van der Waals surface area contributed by atoms with E-state index >= 15 is 0 Å². The van der Waals surface area contributed by atoms with Gasteiger partial charge in [0.2, 0.25) is 5.13 Å². The smallest absolute Gasteiger partial charge is 0.205 e. The van der Waals surface area contributed by atoms with Crippen LogP contribution in [0.5, 0.6) is 0 Å². The lowest BCUT2D eigenvalue weighted by Gasteiger charge is -2.26. The maximum atomic E-state index is 4.33. The molecule has 2 fully saturated rings. The molecule has 0 spiro atoms. The second kappa shape index (κ2) is 6.39. The molecule has 0 amide bonds. The molecule has 1 aliphatic carbocycles. The molecule has 20 heavy (non-hydrogen) atoms. The average Bonchev–Trinajstić information content (AvgIpc) is 3.10. The van der Waals surface area contributed by atoms with E-state index in [0.29, 0.717) is 12.0 Å². The third-order valence-electron chi connectivity index (χ3n) is 4.54. The van der Waals surface area contributed by atoms with Crippen LogP contribution in [0.15, 0.2) is 0 Å². The van der Waals surface area contributed by atoms with Crippen molar-refractivity contribution >= 4 is 16.5 Å². The Morgan fingerprint density at radius 3 is 2.90 bits per heavy atom. The van der Waals surface area contributed by atoms with E-state index in [0.717, 1.165) is 28.5 Å². The molecule has 3 atom stereocenters. The third kappa shape index (κ3) is 3.31. The van der Waals surface area contributed by atoms with Gasteiger partial charge in [0.05, 0.1) is 0 Å². The van der Waals surface area contributed by atoms with Crippen LogP contribution in [0.2, 0.25) is 0 Å². The van der Waals surface area contributed by atoms with E-state index in [2.05, 4.69) is 34.7 Å². The molecule has 2 N–H and O–H groups in total. The minimum absolute atomic E-state index is 0.588. The van der Waals surface area contributed by atoms with E-state index < -0.39 is 0 Å². The number of anilines is 1. The number of hydrogen-bond acceptors (Lipinski definition) is 5. The Morgan fingerprint density at radius 2 is 2.15 bits per heavy atom. The molecular weight excluding hydrogens is 268 g/mol. The maximum Gasteiger partial charge on any atom is 0.205 e. The SMILES string of the molecule is CC(C)Cc1nnc(NC2CCCC2C2CCCN2)s1. The Balaban J connectivity index is 1.59. The van der Waals surface area contributed by atoms with Crippen molar-refractivity contribution in [2.75, 3.05) is 11.9 Å². The summed E-state index contributed by atoms with van der Waals surface area (Å²) in [6.07, 6.45) is 7.70. The van der Waals surface area contributed by atoms with Crippen molar-refractivity contribution in [1.82, 2.24) is 15.5 Å². The zero-order valence-corrected chi connectivity index (χ0v) is 13.4. The average molecular weight is 294 g/mol. The van der Waals surface area contributed by atoms with Crippen LogP contribution in [0.4, 0.5) is 5.13 Å². The van der Waals surface area contributed by atoms with Gasteiger partial charge in [-0.2, -0.15) is 0 Å². The van der Waals surface area contributed by atoms with Gasteiger partial charge in [0, 0.05) is 18.5 Å². The molecule has 1 aromatic rings. The van der Waals surface area contributed by atoms with Gasteiger partial charge < -0.3 is 10.6 Å². The molecule has 1 saturated heterocycles. The summed E-state index contributed by atoms with van der Waals surface area (Å²) in [6.45, 7) is 5.66. The summed E-state index contributed by atoms with van der Waals surface area (Å²) in [5.74, 6) is 1.42. The first kappa shape index (κ1) is 14.3. The number of nitrogens with zero attached hydrogens (tertiary/aromatic N) is 2. The second-order valence-electron chi connectivity index (χ2n) is 6.65. The van der Waals surface area contributed by atoms with Crippen molar-refractivity contribution in [3.05, 3.63) is 5.01 Å². The Labute approximate surface area is 125 Å². The lowest BCUT2D eigenvalue weighted by molar-refractivity contribution is 0.376. The second-order valence-corrected chi connectivity index (χ2v) is 7.71. The minimum Gasteiger partial charge on any atom is -0.357 e. The van der Waals surface area contributed by atoms with Crippen LogP contribution >= 0.6 is 11.3 Å². The molecule has 5 heteroatoms. The number of aromatic nitrogens is 2. The molecule has 3 rings (SSSR count). The van der Waals surface area contributed by atoms with Crippen LogP contribution < -0.4 is 10.6 Å². The van der Waals surface area contributed by atoms with Gasteiger partial charge in [0.25, 0.3) is 0 Å². The van der Waals surface area contributed by atoms with E-state index in [1.54, 1.807) is 11.3 Å². The summed E-state index contributed by atoms with van der Waals surface area (Å²) >= 11 is 1.74. The molecule has 1 aromatic heterocycles. The van der Waals surface area contributed by atoms with Crippen LogP contribution in [-0.4, -0.2) is 28.8 Å². The molecule has 112 valence electrons. The number of nitrogens with one attached hydrogen (secondary N) is 2. The lowest BCUT2D eigenvalue weighted by atomic mass is 9.93. The van der Waals surface area contributed by atoms with Gasteiger partial charge in [-0.15, -0.1) is 10.2 Å². The van der Waals surface area contributed by atoms with Crippen LogP contribution in [0.3, 0.4) is 0 Å². The van der Waals surface area contributed by atoms with E-state index in [9.17, 15) is 0 Å². The molecule has 0 aromatic carbocycles. The predicted octanol–water partition coefficient (Wildman–Crippen LogP) is 3.07. The van der Waals surface area contributed by atoms with Gasteiger partial charge in [0.15, 0.2) is 0 Å². The van der Waals surface area contributed by atoms with Crippen molar-refractivity contribution in [2.45, 2.75) is 64.5 Å². The van der Waals surface area contributed by atoms with E-state index in [4.69, 9.17) is 0 Å². The molecule has 3 unspecified atom stereocenters. The van der Waals surface area contributed by atoms with Gasteiger partial charge in [-0.05, 0) is 44.1 Å². The fourth-order valence-corrected chi connectivity index (χ4v) is 4.64. The van der Waals surface area contributed by atoms with Crippen molar-refractivity contribution in [2.24, 2.45) is 11.8 Å². The van der Waals surface area contributed by atoms with Gasteiger partial charge >= 0.3 is 0 Å². The van der Waals surface area contributed by atoms with E-state index in [1.165, 1.54) is 38.6 Å². The Hall–Kier alpha value is -0.680. The minimum atomic E-state index is 0.588. The summed E-state index contributed by atoms with van der Waals surface area (Å²) in [4.78, 5) is 0. The highest BCUT2D eigenvalue weighted by atomic mass is 32.1. The van der Waals surface area contributed by atoms with Gasteiger partial charge in [-0.25, -0.2) is 0 Å². The Kier molecular flexibility index (Phi) is 4.56. The Morgan fingerprint density at radius 1 is 1.25 bits per heavy atom. The van der Waals surface area contributed by atoms with Gasteiger partial charge in [0.1, 0.15) is 5.01 Å². The van der Waals surface area contributed by atoms with Crippen LogP contribution in [0.1, 0.15) is 51.0 Å². The molecule has 1 aliphatic heterocycles. The fourth-order valence-electron chi connectivity index (χ4n) is 3.63. The van der Waals surface area contributed by atoms with Crippen molar-refractivity contribution in [1.29, 1.82) is 0 Å². The van der Waals surface area contributed by atoms with Crippen LogP contribution in [-0.2, 0) is 6.42 Å². The quantitative estimate of drug-likeness (QED) is 0.876. The van der Waals surface area contributed by atoms with Crippen LogP contribution in [0.25, 0.3) is 0 Å². The molecule has 0 bridgehead atoms. The van der Waals surface area contributed by atoms with Crippen molar-refractivity contribution < 1.29 is 0 Å². The van der Waals surface area contributed by atoms with Gasteiger partial charge in [-0.1, -0.05) is 31.6 Å². The summed E-state index contributed by atoms with van der Waals surface area (Å²) in [6, 6.07) is 1.31. The molecule has 2 heterocycles. The lowest BCUT2D eigenvalue weighted by Crippen LogP contribution is -2.38. The van der Waals surface area contributed by atoms with Crippen LogP contribution in [0, 0.1) is 11.8 Å². The first-order valence-corrected chi connectivity index (χ1v) is 8.86. The summed E-state index contributed by atoms with van der Waals surface area (Å²) < 4.78 is 0. The number of hydrogen-bond donors (Lipinski definition) is 2. The molecule has 2 aliphatic rings. The topological polar surface area (TPSA) is 49.8 Å². The van der Waals surface area contributed by atoms with Crippen molar-refractivity contribution in [3.63, 3.8) is 0 Å². The van der Waals surface area contributed by atoms with E-state index in [1.807, 2.05) is 0 Å². The Bertz CT molecular complexity index is 425. The van der Waals surface area contributed by atoms with Gasteiger partial charge in [-0.3, -0.25) is 0 Å². The molecular formula is C15H26N4S. The number of rotatable bonds is 5. The summed E-state index contributed by atoms with van der Waals surface area (Å²) in [7, 11) is 0. The zero-order valence-electron chi connectivity index (χ0n) is 12.6. The largest absolute Gasteiger partial charge is 0.357 e. The summed E-state index contributed by atoms with van der Waals surface area (Å²) in [5, 5.41) is 18.2. The standard InChI is InChI=1S/C15H26N4S/c1-10(2)9-14-18-19-15(20-14)17-13-6-3-5-11(13)12-7-4-8-16-12/h10-13,16H,3-9H2,1-2H3,(H,17,19). The fraction of sp³-hybridized carbons (Fsp3) is 0.867. The molecule has 1 saturated carbocycles. The van der Waals surface area contributed by atoms with Crippen molar-refractivity contribution in [3.8, 4) is 0 Å². The first-order valence-electron chi connectivity index (χ1n) is 8.04. The predicted molar refractivity (Wildman–Crippen MR) is 84.2 cm³/mol. The van der Waals surface area contributed by atoms with E-state index in [-0.39, 0.29) is 0 Å².